The van der Waals surface area contributed by atoms with Crippen molar-refractivity contribution in [2.24, 2.45) is 23.7 Å². The topological polar surface area (TPSA) is 54.0 Å². The Kier molecular flexibility index (Phi) is 2.58. The van der Waals surface area contributed by atoms with E-state index in [2.05, 4.69) is 6.92 Å². The Morgan fingerprint density at radius 2 is 1.90 bits per heavy atom. The van der Waals surface area contributed by atoms with Gasteiger partial charge in [0, 0.05) is 18.3 Å². The summed E-state index contributed by atoms with van der Waals surface area (Å²) in [6.07, 6.45) is 3.24. The molecule has 4 aliphatic heterocycles. The molecule has 0 aromatic heterocycles. The highest BCUT2D eigenvalue weighted by molar-refractivity contribution is 5.74. The van der Waals surface area contributed by atoms with Crippen LogP contribution < -0.4 is 0 Å². The smallest absolute Gasteiger partial charge is 0.311 e. The average Bonchev–Trinajstić information content (AvgIpc) is 2.63. The molecule has 5 nitrogen and oxygen atoms in total. The molecule has 7 atom stereocenters. The highest BCUT2D eigenvalue weighted by Gasteiger charge is 2.69. The van der Waals surface area contributed by atoms with E-state index in [1.54, 1.807) is 0 Å². The van der Waals surface area contributed by atoms with E-state index in [1.165, 1.54) is 0 Å². The van der Waals surface area contributed by atoms with Crippen LogP contribution in [0.25, 0.3) is 0 Å². The Labute approximate surface area is 118 Å². The first-order chi connectivity index (χ1) is 9.46. The van der Waals surface area contributed by atoms with Gasteiger partial charge in [0.1, 0.15) is 0 Å². The van der Waals surface area contributed by atoms with Gasteiger partial charge < -0.3 is 9.47 Å². The van der Waals surface area contributed by atoms with Gasteiger partial charge in [-0.2, -0.15) is 0 Å². The Hall–Kier alpha value is -0.650. The van der Waals surface area contributed by atoms with Gasteiger partial charge in [-0.25, -0.2) is 9.78 Å². The van der Waals surface area contributed by atoms with Crippen molar-refractivity contribution in [3.63, 3.8) is 0 Å². The van der Waals surface area contributed by atoms with E-state index < -0.39 is 17.7 Å². The molecule has 5 heteroatoms. The minimum absolute atomic E-state index is 0.123. The Morgan fingerprint density at radius 3 is 2.70 bits per heavy atom. The summed E-state index contributed by atoms with van der Waals surface area (Å²) in [7, 11) is 0. The minimum Gasteiger partial charge on any atom is -0.432 e. The molecular weight excluding hydrogens is 260 g/mol. The molecule has 5 fully saturated rings. The second-order valence-electron chi connectivity index (χ2n) is 7.14. The Balaban J connectivity index is 1.84. The van der Waals surface area contributed by atoms with Crippen molar-refractivity contribution >= 4 is 5.97 Å². The first-order valence-corrected chi connectivity index (χ1v) is 7.71. The number of carbonyl (C=O) groups excluding carboxylic acids is 1. The molecule has 1 saturated carbocycles. The van der Waals surface area contributed by atoms with E-state index in [1.807, 2.05) is 13.8 Å². The molecule has 0 aromatic rings. The van der Waals surface area contributed by atoms with Gasteiger partial charge in [-0.15, -0.1) is 0 Å². The Bertz CT molecular complexity index is 452. The zero-order valence-corrected chi connectivity index (χ0v) is 12.3. The maximum atomic E-state index is 12.1. The number of hydrogen-bond donors (Lipinski definition) is 0. The maximum Gasteiger partial charge on any atom is 0.311 e. The lowest BCUT2D eigenvalue weighted by Crippen LogP contribution is -2.69. The van der Waals surface area contributed by atoms with Gasteiger partial charge in [-0.05, 0) is 32.1 Å². The van der Waals surface area contributed by atoms with Crippen molar-refractivity contribution in [3.05, 3.63) is 0 Å². The molecule has 4 saturated heterocycles. The van der Waals surface area contributed by atoms with Gasteiger partial charge >= 0.3 is 5.97 Å². The van der Waals surface area contributed by atoms with Crippen LogP contribution in [0.3, 0.4) is 0 Å². The van der Waals surface area contributed by atoms with Gasteiger partial charge in [-0.1, -0.05) is 13.8 Å². The van der Waals surface area contributed by atoms with Crippen LogP contribution in [-0.4, -0.2) is 23.6 Å². The number of rotatable bonds is 0. The van der Waals surface area contributed by atoms with Gasteiger partial charge in [0.25, 0.3) is 0 Å². The molecule has 1 aliphatic carbocycles. The van der Waals surface area contributed by atoms with Gasteiger partial charge in [0.2, 0.25) is 12.1 Å². The Morgan fingerprint density at radius 1 is 1.10 bits per heavy atom. The summed E-state index contributed by atoms with van der Waals surface area (Å²) in [6.45, 7) is 6.06. The first kappa shape index (κ1) is 13.0. The molecular formula is C15H22O5. The van der Waals surface area contributed by atoms with E-state index >= 15 is 0 Å². The molecule has 0 aromatic carbocycles. The minimum atomic E-state index is -0.793. The van der Waals surface area contributed by atoms with Crippen LogP contribution in [0.15, 0.2) is 0 Å². The van der Waals surface area contributed by atoms with Crippen LogP contribution >= 0.6 is 0 Å². The zero-order valence-electron chi connectivity index (χ0n) is 12.3. The molecule has 5 aliphatic rings. The lowest BCUT2D eigenvalue weighted by atomic mass is 9.58. The first-order valence-electron chi connectivity index (χ1n) is 7.71. The highest BCUT2D eigenvalue weighted by Crippen LogP contribution is 2.59. The normalized spacial score (nSPS) is 57.8. The van der Waals surface area contributed by atoms with Crippen molar-refractivity contribution in [3.8, 4) is 0 Å². The fraction of sp³-hybridized carbons (Fsp3) is 0.933. The third kappa shape index (κ3) is 1.46. The number of ether oxygens (including phenoxy) is 2. The molecule has 0 amide bonds. The van der Waals surface area contributed by atoms with Gasteiger partial charge in [0.05, 0.1) is 5.92 Å². The lowest BCUT2D eigenvalue weighted by Gasteiger charge is -2.57. The lowest BCUT2D eigenvalue weighted by molar-refractivity contribution is -0.559. The van der Waals surface area contributed by atoms with Crippen molar-refractivity contribution < 1.29 is 24.0 Å². The standard InChI is InChI=1S/C15H22O5/c1-8-4-5-11-9(2)12(16)17-13-15(11)10(8)6-7-14(3,18-13)19-20-15/h8-11,13H,4-7H2,1-3H3/t8-,9+,10-,11-,13+,14+,15-/m1/s1. The van der Waals surface area contributed by atoms with Crippen LogP contribution in [0.1, 0.15) is 46.5 Å². The van der Waals surface area contributed by atoms with Crippen molar-refractivity contribution in [1.82, 2.24) is 0 Å². The SMILES string of the molecule is C[C@@H]1CC[C@@H]2[C@H](C)C(=O)O[C@H]3O[C@]4(C)CC[C@H]1[C@]32OO4. The molecule has 112 valence electrons. The summed E-state index contributed by atoms with van der Waals surface area (Å²) < 4.78 is 11.6. The summed E-state index contributed by atoms with van der Waals surface area (Å²) in [6, 6.07) is 0. The average molecular weight is 282 g/mol. The van der Waals surface area contributed by atoms with Gasteiger partial charge in [0.15, 0.2) is 5.60 Å². The molecule has 0 unspecified atom stereocenters. The third-order valence-corrected chi connectivity index (χ3v) is 5.97. The van der Waals surface area contributed by atoms with E-state index in [0.717, 1.165) is 25.7 Å². The van der Waals surface area contributed by atoms with Crippen molar-refractivity contribution in [1.29, 1.82) is 0 Å². The predicted octanol–water partition coefficient (Wildman–Crippen LogP) is 2.39. The molecule has 1 spiro atoms. The number of fused-ring (bicyclic) bond motifs is 2. The second-order valence-corrected chi connectivity index (χ2v) is 7.14. The molecule has 2 bridgehead atoms. The van der Waals surface area contributed by atoms with Crippen molar-refractivity contribution in [2.45, 2.75) is 64.1 Å². The van der Waals surface area contributed by atoms with Crippen LogP contribution in [0.4, 0.5) is 0 Å². The third-order valence-electron chi connectivity index (χ3n) is 5.97. The summed E-state index contributed by atoms with van der Waals surface area (Å²) in [4.78, 5) is 23.7. The zero-order chi connectivity index (χ0) is 14.1. The van der Waals surface area contributed by atoms with E-state index in [4.69, 9.17) is 19.2 Å². The van der Waals surface area contributed by atoms with Crippen LogP contribution in [-0.2, 0) is 24.0 Å². The van der Waals surface area contributed by atoms with Crippen LogP contribution in [0.2, 0.25) is 0 Å². The maximum absolute atomic E-state index is 12.1. The highest BCUT2D eigenvalue weighted by atomic mass is 17.3. The molecule has 4 heterocycles. The summed E-state index contributed by atoms with van der Waals surface area (Å²) in [5.74, 6) is -0.137. The molecule has 20 heavy (non-hydrogen) atoms. The van der Waals surface area contributed by atoms with E-state index in [-0.39, 0.29) is 17.8 Å². The largest absolute Gasteiger partial charge is 0.432 e. The molecule has 5 rings (SSSR count). The van der Waals surface area contributed by atoms with E-state index in [0.29, 0.717) is 11.8 Å². The quantitative estimate of drug-likeness (QED) is 0.504. The van der Waals surface area contributed by atoms with Crippen LogP contribution in [0, 0.1) is 23.7 Å². The van der Waals surface area contributed by atoms with E-state index in [9.17, 15) is 4.79 Å². The fourth-order valence-electron chi connectivity index (χ4n) is 4.76. The number of esters is 1. The molecule has 0 radical (unpaired) electrons. The predicted molar refractivity (Wildman–Crippen MR) is 68.0 cm³/mol. The number of hydrogen-bond acceptors (Lipinski definition) is 5. The molecule has 0 N–H and O–H groups in total. The summed E-state index contributed by atoms with van der Waals surface area (Å²) >= 11 is 0. The second kappa shape index (κ2) is 3.96. The number of carbonyl (C=O) groups is 1. The monoisotopic (exact) mass is 282 g/mol. The van der Waals surface area contributed by atoms with Crippen molar-refractivity contribution in [2.75, 3.05) is 0 Å². The fourth-order valence-corrected chi connectivity index (χ4v) is 4.76. The van der Waals surface area contributed by atoms with Crippen LogP contribution in [0.5, 0.6) is 0 Å². The summed E-state index contributed by atoms with van der Waals surface area (Å²) in [5, 5.41) is 0. The summed E-state index contributed by atoms with van der Waals surface area (Å²) in [5.41, 5.74) is -0.610. The van der Waals surface area contributed by atoms with Gasteiger partial charge in [-0.3, -0.25) is 4.79 Å².